The Hall–Kier alpha value is 0. The van der Waals surface area contributed by atoms with E-state index in [1.165, 1.54) is 12.8 Å². The van der Waals surface area contributed by atoms with Crippen molar-refractivity contribution in [2.75, 3.05) is 0 Å². The summed E-state index contributed by atoms with van der Waals surface area (Å²) < 4.78 is 0. The highest BCUT2D eigenvalue weighted by Gasteiger charge is 2.44. The molecular weight excluding hydrogens is 132 g/mol. The summed E-state index contributed by atoms with van der Waals surface area (Å²) in [6, 6.07) is 0. The minimum atomic E-state index is 0.959. The minimum absolute atomic E-state index is 0.959. The first-order valence-electron chi connectivity index (χ1n) is 5.29. The fraction of sp³-hybridized carbons (Fsp3) is 1.00. The van der Waals surface area contributed by atoms with Crippen LogP contribution in [0.2, 0.25) is 0 Å². The molecule has 0 N–H and O–H groups in total. The quantitative estimate of drug-likeness (QED) is 0.568. The van der Waals surface area contributed by atoms with E-state index in [0.717, 1.165) is 23.7 Å². The molecule has 64 valence electrons. The van der Waals surface area contributed by atoms with Crippen molar-refractivity contribution in [3.05, 3.63) is 0 Å². The Morgan fingerprint density at radius 2 is 1.73 bits per heavy atom. The molecule has 0 aromatic carbocycles. The molecule has 0 nitrogen and oxygen atoms in total. The predicted octanol–water partition coefficient (Wildman–Crippen LogP) is 3.47. The second-order valence-corrected chi connectivity index (χ2v) is 4.85. The van der Waals surface area contributed by atoms with Crippen molar-refractivity contribution in [1.29, 1.82) is 0 Å². The van der Waals surface area contributed by atoms with Gasteiger partial charge < -0.3 is 0 Å². The maximum Gasteiger partial charge on any atom is -0.0352 e. The molecule has 2 fully saturated rings. The van der Waals surface area contributed by atoms with E-state index in [0.29, 0.717) is 0 Å². The van der Waals surface area contributed by atoms with E-state index < -0.39 is 0 Å². The molecule has 2 unspecified atom stereocenters. The van der Waals surface area contributed by atoms with Gasteiger partial charge in [0.1, 0.15) is 0 Å². The van der Waals surface area contributed by atoms with Gasteiger partial charge in [0.15, 0.2) is 0 Å². The Balaban J connectivity index is 1.81. The van der Waals surface area contributed by atoms with Crippen molar-refractivity contribution in [1.82, 2.24) is 0 Å². The zero-order valence-electron chi connectivity index (χ0n) is 7.84. The number of hydrogen-bond donors (Lipinski definition) is 0. The Morgan fingerprint density at radius 1 is 1.09 bits per heavy atom. The van der Waals surface area contributed by atoms with Crippen molar-refractivity contribution in [2.45, 2.75) is 46.0 Å². The molecule has 0 amide bonds. The lowest BCUT2D eigenvalue weighted by Gasteiger charge is -2.09. The van der Waals surface area contributed by atoms with Crippen molar-refractivity contribution < 1.29 is 0 Å². The van der Waals surface area contributed by atoms with Gasteiger partial charge in [-0.2, -0.15) is 0 Å². The molecule has 0 heterocycles. The van der Waals surface area contributed by atoms with E-state index in [1.807, 2.05) is 0 Å². The van der Waals surface area contributed by atoms with E-state index in [-0.39, 0.29) is 0 Å². The van der Waals surface area contributed by atoms with Crippen LogP contribution in [0.1, 0.15) is 46.0 Å². The summed E-state index contributed by atoms with van der Waals surface area (Å²) in [5.74, 6) is 4.36. The lowest BCUT2D eigenvalue weighted by Crippen LogP contribution is -2.01. The van der Waals surface area contributed by atoms with Gasteiger partial charge in [-0.15, -0.1) is 0 Å². The second kappa shape index (κ2) is 2.80. The molecule has 2 aliphatic rings. The molecule has 2 saturated carbocycles. The van der Waals surface area contributed by atoms with E-state index in [9.17, 15) is 0 Å². The first kappa shape index (κ1) is 7.64. The SMILES string of the molecule is CC(C)C1CC1C1CCCC1. The van der Waals surface area contributed by atoms with Gasteiger partial charge in [-0.25, -0.2) is 0 Å². The van der Waals surface area contributed by atoms with Crippen LogP contribution in [-0.4, -0.2) is 0 Å². The molecule has 0 aromatic rings. The van der Waals surface area contributed by atoms with Crippen LogP contribution in [0.25, 0.3) is 0 Å². The summed E-state index contributed by atoms with van der Waals surface area (Å²) in [4.78, 5) is 0. The molecule has 0 aromatic heterocycles. The van der Waals surface area contributed by atoms with Crippen LogP contribution in [0, 0.1) is 23.7 Å². The zero-order valence-corrected chi connectivity index (χ0v) is 7.84. The fourth-order valence-electron chi connectivity index (χ4n) is 2.93. The molecule has 2 atom stereocenters. The second-order valence-electron chi connectivity index (χ2n) is 4.85. The lowest BCUT2D eigenvalue weighted by atomic mass is 9.97. The van der Waals surface area contributed by atoms with Crippen molar-refractivity contribution in [3.8, 4) is 0 Å². The Kier molecular flexibility index (Phi) is 1.95. The fourth-order valence-corrected chi connectivity index (χ4v) is 2.93. The topological polar surface area (TPSA) is 0 Å². The highest BCUT2D eigenvalue weighted by molar-refractivity contribution is 4.94. The molecule has 2 aliphatic carbocycles. The van der Waals surface area contributed by atoms with Crippen LogP contribution >= 0.6 is 0 Å². The lowest BCUT2D eigenvalue weighted by molar-refractivity contribution is 0.406. The van der Waals surface area contributed by atoms with E-state index in [2.05, 4.69) is 13.8 Å². The van der Waals surface area contributed by atoms with Gasteiger partial charge in [-0.1, -0.05) is 39.5 Å². The summed E-state index contributed by atoms with van der Waals surface area (Å²) in [5.41, 5.74) is 0. The van der Waals surface area contributed by atoms with Gasteiger partial charge >= 0.3 is 0 Å². The van der Waals surface area contributed by atoms with Gasteiger partial charge in [0.25, 0.3) is 0 Å². The summed E-state index contributed by atoms with van der Waals surface area (Å²) in [6.45, 7) is 4.78. The summed E-state index contributed by atoms with van der Waals surface area (Å²) >= 11 is 0. The van der Waals surface area contributed by atoms with Gasteiger partial charge in [0.2, 0.25) is 0 Å². The molecule has 0 aliphatic heterocycles. The smallest absolute Gasteiger partial charge is 0.0352 e. The normalized spacial score (nSPS) is 38.5. The van der Waals surface area contributed by atoms with Crippen LogP contribution in [0.4, 0.5) is 0 Å². The van der Waals surface area contributed by atoms with Gasteiger partial charge in [0.05, 0.1) is 0 Å². The first-order valence-corrected chi connectivity index (χ1v) is 5.29. The maximum atomic E-state index is 2.39. The third kappa shape index (κ3) is 1.45. The van der Waals surface area contributed by atoms with Crippen LogP contribution in [0.3, 0.4) is 0 Å². The predicted molar refractivity (Wildman–Crippen MR) is 48.4 cm³/mol. The van der Waals surface area contributed by atoms with Crippen molar-refractivity contribution in [2.24, 2.45) is 23.7 Å². The molecule has 0 spiro atoms. The Bertz CT molecular complexity index is 131. The summed E-state index contributed by atoms with van der Waals surface area (Å²) in [6.07, 6.45) is 7.70. The molecule has 2 rings (SSSR count). The first-order chi connectivity index (χ1) is 5.29. The number of hydrogen-bond acceptors (Lipinski definition) is 0. The molecule has 0 heteroatoms. The Labute approximate surface area is 70.4 Å². The monoisotopic (exact) mass is 152 g/mol. The van der Waals surface area contributed by atoms with Crippen LogP contribution in [-0.2, 0) is 0 Å². The highest BCUT2D eigenvalue weighted by atomic mass is 14.5. The molecule has 0 radical (unpaired) electrons. The average molecular weight is 152 g/mol. The maximum absolute atomic E-state index is 2.39. The van der Waals surface area contributed by atoms with Gasteiger partial charge in [0, 0.05) is 0 Å². The largest absolute Gasteiger partial charge is 0.0625 e. The van der Waals surface area contributed by atoms with Gasteiger partial charge in [-0.05, 0) is 30.1 Å². The minimum Gasteiger partial charge on any atom is -0.0625 e. The van der Waals surface area contributed by atoms with Gasteiger partial charge in [-0.3, -0.25) is 0 Å². The number of rotatable bonds is 2. The van der Waals surface area contributed by atoms with Crippen LogP contribution in [0.15, 0.2) is 0 Å². The summed E-state index contributed by atoms with van der Waals surface area (Å²) in [5, 5.41) is 0. The summed E-state index contributed by atoms with van der Waals surface area (Å²) in [7, 11) is 0. The average Bonchev–Trinajstić information content (AvgIpc) is 2.60. The molecular formula is C11H20. The molecule has 11 heavy (non-hydrogen) atoms. The van der Waals surface area contributed by atoms with E-state index in [4.69, 9.17) is 0 Å². The van der Waals surface area contributed by atoms with Crippen molar-refractivity contribution >= 4 is 0 Å². The Morgan fingerprint density at radius 3 is 2.18 bits per heavy atom. The van der Waals surface area contributed by atoms with E-state index in [1.54, 1.807) is 19.3 Å². The van der Waals surface area contributed by atoms with Crippen LogP contribution in [0.5, 0.6) is 0 Å². The third-order valence-corrected chi connectivity index (χ3v) is 3.75. The van der Waals surface area contributed by atoms with Crippen molar-refractivity contribution in [3.63, 3.8) is 0 Å². The molecule has 0 saturated heterocycles. The van der Waals surface area contributed by atoms with E-state index >= 15 is 0 Å². The van der Waals surface area contributed by atoms with Crippen LogP contribution < -0.4 is 0 Å². The standard InChI is InChI=1S/C11H20/c1-8(2)10-7-11(10)9-5-3-4-6-9/h8-11H,3-7H2,1-2H3. The third-order valence-electron chi connectivity index (χ3n) is 3.75. The zero-order chi connectivity index (χ0) is 7.84. The molecule has 0 bridgehead atoms. The highest BCUT2D eigenvalue weighted by Crippen LogP contribution is 2.53.